The third kappa shape index (κ3) is 2.91. The first kappa shape index (κ1) is 13.9. The summed E-state index contributed by atoms with van der Waals surface area (Å²) in [6.45, 7) is 0.948. The first-order valence-corrected chi connectivity index (χ1v) is 6.09. The van der Waals surface area contributed by atoms with E-state index in [9.17, 15) is 4.39 Å². The van der Waals surface area contributed by atoms with E-state index in [-0.39, 0.29) is 5.69 Å². The molecule has 2 heterocycles. The van der Waals surface area contributed by atoms with Crippen molar-refractivity contribution in [2.45, 2.75) is 12.6 Å². The molecule has 1 atom stereocenters. The number of nitrogens with two attached hydrogens (primary N) is 1. The molecule has 0 fully saturated rings. The second kappa shape index (κ2) is 6.10. The van der Waals surface area contributed by atoms with Crippen molar-refractivity contribution in [3.05, 3.63) is 46.8 Å². The highest BCUT2D eigenvalue weighted by atomic mass is 35.5. The number of ether oxygens (including phenoxy) is 1. The van der Waals surface area contributed by atoms with Crippen LogP contribution in [0.25, 0.3) is 0 Å². The minimum atomic E-state index is -0.770. The van der Waals surface area contributed by atoms with Gasteiger partial charge >= 0.3 is 0 Å². The van der Waals surface area contributed by atoms with Gasteiger partial charge in [-0.15, -0.1) is 0 Å². The molecular formula is C12H14ClFN4O. The average molecular weight is 285 g/mol. The van der Waals surface area contributed by atoms with Crippen LogP contribution in [0.3, 0.4) is 0 Å². The standard InChI is InChI=1S/C12H14ClFN4O/c1-19-6-5-18-12(8(13)7-17-18)10(15)11-9(14)3-2-4-16-11/h2-4,7,10H,5-6,15H2,1H3. The van der Waals surface area contributed by atoms with Gasteiger partial charge in [0.2, 0.25) is 0 Å². The second-order valence-electron chi connectivity index (χ2n) is 3.94. The van der Waals surface area contributed by atoms with E-state index in [1.807, 2.05) is 0 Å². The molecule has 0 saturated heterocycles. The van der Waals surface area contributed by atoms with Crippen LogP contribution >= 0.6 is 11.6 Å². The Hall–Kier alpha value is -1.50. The Morgan fingerprint density at radius 2 is 2.37 bits per heavy atom. The SMILES string of the molecule is COCCn1ncc(Cl)c1C(N)c1ncccc1F. The van der Waals surface area contributed by atoms with Crippen LogP contribution in [-0.2, 0) is 11.3 Å². The maximum atomic E-state index is 13.7. The second-order valence-corrected chi connectivity index (χ2v) is 4.35. The Bertz CT molecular complexity index is 560. The quantitative estimate of drug-likeness (QED) is 0.909. The summed E-state index contributed by atoms with van der Waals surface area (Å²) in [5.41, 5.74) is 6.71. The van der Waals surface area contributed by atoms with Crippen molar-refractivity contribution >= 4 is 11.6 Å². The smallest absolute Gasteiger partial charge is 0.146 e. The molecule has 0 aliphatic carbocycles. The lowest BCUT2D eigenvalue weighted by Gasteiger charge is -2.15. The molecule has 7 heteroatoms. The normalized spacial score (nSPS) is 12.6. The molecular weight excluding hydrogens is 271 g/mol. The zero-order valence-corrected chi connectivity index (χ0v) is 11.1. The van der Waals surface area contributed by atoms with Crippen molar-refractivity contribution in [1.29, 1.82) is 0 Å². The summed E-state index contributed by atoms with van der Waals surface area (Å²) in [7, 11) is 1.59. The Balaban J connectivity index is 2.35. The number of hydrogen-bond acceptors (Lipinski definition) is 4. The van der Waals surface area contributed by atoms with Crippen molar-refractivity contribution in [1.82, 2.24) is 14.8 Å². The maximum Gasteiger partial charge on any atom is 0.146 e. The minimum absolute atomic E-state index is 0.142. The van der Waals surface area contributed by atoms with E-state index in [2.05, 4.69) is 10.1 Å². The molecule has 0 aliphatic rings. The van der Waals surface area contributed by atoms with Crippen LogP contribution in [0.4, 0.5) is 4.39 Å². The van der Waals surface area contributed by atoms with E-state index < -0.39 is 11.9 Å². The number of aromatic nitrogens is 3. The summed E-state index contributed by atoms with van der Waals surface area (Å²) in [5.74, 6) is -0.467. The average Bonchev–Trinajstić information content (AvgIpc) is 2.77. The van der Waals surface area contributed by atoms with Crippen LogP contribution < -0.4 is 5.73 Å². The van der Waals surface area contributed by atoms with Crippen LogP contribution in [0.15, 0.2) is 24.5 Å². The van der Waals surface area contributed by atoms with Gasteiger partial charge in [-0.05, 0) is 12.1 Å². The van der Waals surface area contributed by atoms with Crippen LogP contribution in [0, 0.1) is 5.82 Å². The van der Waals surface area contributed by atoms with Gasteiger partial charge in [-0.1, -0.05) is 11.6 Å². The molecule has 0 radical (unpaired) electrons. The highest BCUT2D eigenvalue weighted by molar-refractivity contribution is 6.31. The molecule has 0 amide bonds. The summed E-state index contributed by atoms with van der Waals surface area (Å²) in [4.78, 5) is 3.97. The number of halogens is 2. The first-order chi connectivity index (χ1) is 9.15. The Labute approximate surface area is 115 Å². The molecule has 0 aliphatic heterocycles. The molecule has 2 aromatic heterocycles. The monoisotopic (exact) mass is 284 g/mol. The number of methoxy groups -OCH3 is 1. The lowest BCUT2D eigenvalue weighted by atomic mass is 10.1. The molecule has 2 N–H and O–H groups in total. The van der Waals surface area contributed by atoms with E-state index in [0.29, 0.717) is 23.9 Å². The molecule has 0 saturated carbocycles. The molecule has 5 nitrogen and oxygen atoms in total. The molecule has 0 aromatic carbocycles. The highest BCUT2D eigenvalue weighted by Crippen LogP contribution is 2.26. The third-order valence-electron chi connectivity index (χ3n) is 2.72. The number of rotatable bonds is 5. The van der Waals surface area contributed by atoms with E-state index in [1.54, 1.807) is 11.8 Å². The van der Waals surface area contributed by atoms with Gasteiger partial charge in [0.1, 0.15) is 5.82 Å². The molecule has 0 bridgehead atoms. The number of nitrogens with zero attached hydrogens (tertiary/aromatic N) is 3. The minimum Gasteiger partial charge on any atom is -0.383 e. The van der Waals surface area contributed by atoms with Gasteiger partial charge in [-0.3, -0.25) is 9.67 Å². The zero-order chi connectivity index (χ0) is 13.8. The third-order valence-corrected chi connectivity index (χ3v) is 3.01. The summed E-state index contributed by atoms with van der Waals surface area (Å²) in [6, 6.07) is 2.05. The first-order valence-electron chi connectivity index (χ1n) is 5.71. The van der Waals surface area contributed by atoms with Crippen molar-refractivity contribution in [3.63, 3.8) is 0 Å². The van der Waals surface area contributed by atoms with E-state index in [1.165, 1.54) is 24.5 Å². The predicted molar refractivity (Wildman–Crippen MR) is 69.3 cm³/mol. The highest BCUT2D eigenvalue weighted by Gasteiger charge is 2.22. The van der Waals surface area contributed by atoms with Crippen molar-refractivity contribution in [3.8, 4) is 0 Å². The van der Waals surface area contributed by atoms with Gasteiger partial charge in [0, 0.05) is 13.3 Å². The zero-order valence-electron chi connectivity index (χ0n) is 10.4. The Morgan fingerprint density at radius 3 is 3.05 bits per heavy atom. The Morgan fingerprint density at radius 1 is 1.58 bits per heavy atom. The predicted octanol–water partition coefficient (Wildman–Crippen LogP) is 1.77. The van der Waals surface area contributed by atoms with E-state index >= 15 is 0 Å². The van der Waals surface area contributed by atoms with Gasteiger partial charge in [-0.2, -0.15) is 5.10 Å². The fourth-order valence-electron chi connectivity index (χ4n) is 1.79. The van der Waals surface area contributed by atoms with E-state index in [4.69, 9.17) is 22.1 Å². The van der Waals surface area contributed by atoms with Gasteiger partial charge in [0.05, 0.1) is 41.8 Å². The molecule has 2 rings (SSSR count). The van der Waals surface area contributed by atoms with Gasteiger partial charge in [0.15, 0.2) is 0 Å². The van der Waals surface area contributed by atoms with Crippen molar-refractivity contribution < 1.29 is 9.13 Å². The van der Waals surface area contributed by atoms with Gasteiger partial charge in [-0.25, -0.2) is 4.39 Å². The van der Waals surface area contributed by atoms with Crippen LogP contribution in [0.2, 0.25) is 5.02 Å². The topological polar surface area (TPSA) is 66.0 Å². The molecule has 19 heavy (non-hydrogen) atoms. The van der Waals surface area contributed by atoms with Gasteiger partial charge < -0.3 is 10.5 Å². The summed E-state index contributed by atoms with van der Waals surface area (Å²) < 4.78 is 20.3. The van der Waals surface area contributed by atoms with Crippen molar-refractivity contribution in [2.75, 3.05) is 13.7 Å². The number of pyridine rings is 1. The summed E-state index contributed by atoms with van der Waals surface area (Å²) in [5, 5.41) is 4.49. The van der Waals surface area contributed by atoms with E-state index in [0.717, 1.165) is 0 Å². The van der Waals surface area contributed by atoms with Crippen LogP contribution in [0.1, 0.15) is 17.4 Å². The van der Waals surface area contributed by atoms with Crippen molar-refractivity contribution in [2.24, 2.45) is 5.73 Å². The summed E-state index contributed by atoms with van der Waals surface area (Å²) in [6.07, 6.45) is 2.97. The molecule has 0 spiro atoms. The lowest BCUT2D eigenvalue weighted by molar-refractivity contribution is 0.182. The largest absolute Gasteiger partial charge is 0.383 e. The van der Waals surface area contributed by atoms with Crippen LogP contribution in [0.5, 0.6) is 0 Å². The molecule has 2 aromatic rings. The fourth-order valence-corrected chi connectivity index (χ4v) is 2.05. The molecule has 102 valence electrons. The lowest BCUT2D eigenvalue weighted by Crippen LogP contribution is -2.21. The molecule has 1 unspecified atom stereocenters. The van der Waals surface area contributed by atoms with Crippen LogP contribution in [-0.4, -0.2) is 28.5 Å². The maximum absolute atomic E-state index is 13.7. The Kier molecular flexibility index (Phi) is 4.47. The number of hydrogen-bond donors (Lipinski definition) is 1. The fraction of sp³-hybridized carbons (Fsp3) is 0.333. The van der Waals surface area contributed by atoms with Gasteiger partial charge in [0.25, 0.3) is 0 Å². The summed E-state index contributed by atoms with van der Waals surface area (Å²) >= 11 is 6.07.